The molecule has 0 radical (unpaired) electrons. The fourth-order valence-electron chi connectivity index (χ4n) is 4.97. The fourth-order valence-corrected chi connectivity index (χ4v) is 5.80. The lowest BCUT2D eigenvalue weighted by molar-refractivity contribution is 0.0940. The van der Waals surface area contributed by atoms with Gasteiger partial charge >= 0.3 is 0 Å². The summed E-state index contributed by atoms with van der Waals surface area (Å²) in [5, 5.41) is 3.48. The Morgan fingerprint density at radius 1 is 1.20 bits per heavy atom. The molecule has 9 heteroatoms. The summed E-state index contributed by atoms with van der Waals surface area (Å²) < 4.78 is 2.97. The number of pyridine rings is 2. The lowest BCUT2D eigenvalue weighted by Gasteiger charge is -2.32. The average molecular weight is 509 g/mol. The first-order chi connectivity index (χ1) is 17.0. The smallest absolute Gasteiger partial charge is 0.280 e. The standard InChI is InChI=1S/C26H29ClN6OS/c1-16(2)10-24-32-21-14-29-20(19-8-3-4-9-28-19)12-22(21)33(24)18-7-5-6-17(11-18)13-30-25(34)26-31-15-23(27)35-26/h3-4,8-9,12,14-18H,5-7,10-11,13H2,1-2H3,(H,30,34)/t17?,18-/m1/s1. The summed E-state index contributed by atoms with van der Waals surface area (Å²) in [5.41, 5.74) is 3.76. The Labute approximate surface area is 214 Å². The molecule has 1 amide bonds. The van der Waals surface area contributed by atoms with Crippen molar-refractivity contribution >= 4 is 39.9 Å². The molecule has 1 unspecified atom stereocenters. The number of carbonyl (C=O) groups is 1. The third-order valence-electron chi connectivity index (χ3n) is 6.51. The number of nitrogens with one attached hydrogen (secondary N) is 1. The Hall–Kier alpha value is -2.84. The number of amides is 1. The third-order valence-corrected chi connectivity index (χ3v) is 7.62. The van der Waals surface area contributed by atoms with Crippen LogP contribution in [-0.2, 0) is 6.42 Å². The van der Waals surface area contributed by atoms with Crippen molar-refractivity contribution in [3.8, 4) is 11.4 Å². The second-order valence-corrected chi connectivity index (χ2v) is 11.3. The molecule has 0 bridgehead atoms. The molecule has 2 atom stereocenters. The fraction of sp³-hybridized carbons (Fsp3) is 0.423. The van der Waals surface area contributed by atoms with Crippen molar-refractivity contribution in [3.05, 3.63) is 58.0 Å². The molecule has 5 rings (SSSR count). The van der Waals surface area contributed by atoms with Gasteiger partial charge in [0.05, 0.1) is 29.3 Å². The lowest BCUT2D eigenvalue weighted by atomic mass is 9.85. The number of rotatable bonds is 7. The summed E-state index contributed by atoms with van der Waals surface area (Å²) in [7, 11) is 0. The van der Waals surface area contributed by atoms with Crippen LogP contribution in [0.25, 0.3) is 22.4 Å². The summed E-state index contributed by atoms with van der Waals surface area (Å²) in [6.07, 6.45) is 10.4. The molecular weight excluding hydrogens is 480 g/mol. The maximum absolute atomic E-state index is 12.5. The topological polar surface area (TPSA) is 85.6 Å². The van der Waals surface area contributed by atoms with E-state index in [1.54, 1.807) is 6.20 Å². The molecule has 1 fully saturated rings. The summed E-state index contributed by atoms with van der Waals surface area (Å²) in [6, 6.07) is 8.34. The molecule has 0 aromatic carbocycles. The van der Waals surface area contributed by atoms with E-state index in [1.165, 1.54) is 17.5 Å². The zero-order valence-electron chi connectivity index (χ0n) is 19.9. The number of imidazole rings is 1. The van der Waals surface area contributed by atoms with Crippen LogP contribution in [0, 0.1) is 11.8 Å². The van der Waals surface area contributed by atoms with Gasteiger partial charge < -0.3 is 9.88 Å². The van der Waals surface area contributed by atoms with E-state index in [0.29, 0.717) is 33.8 Å². The molecule has 35 heavy (non-hydrogen) atoms. The number of carbonyl (C=O) groups excluding carboxylic acids is 1. The Morgan fingerprint density at radius 3 is 2.83 bits per heavy atom. The highest BCUT2D eigenvalue weighted by atomic mass is 35.5. The van der Waals surface area contributed by atoms with E-state index >= 15 is 0 Å². The van der Waals surface area contributed by atoms with Crippen LogP contribution < -0.4 is 5.32 Å². The molecular formula is C26H29ClN6OS. The average Bonchev–Trinajstić information content (AvgIpc) is 3.45. The minimum absolute atomic E-state index is 0.149. The molecule has 1 aliphatic rings. The lowest BCUT2D eigenvalue weighted by Crippen LogP contribution is -2.32. The van der Waals surface area contributed by atoms with Gasteiger partial charge in [-0.3, -0.25) is 14.8 Å². The van der Waals surface area contributed by atoms with Gasteiger partial charge in [-0.1, -0.05) is 49.3 Å². The van der Waals surface area contributed by atoms with Crippen LogP contribution in [0.2, 0.25) is 4.34 Å². The van der Waals surface area contributed by atoms with E-state index in [0.717, 1.165) is 60.3 Å². The predicted molar refractivity (Wildman–Crippen MR) is 140 cm³/mol. The number of fused-ring (bicyclic) bond motifs is 1. The van der Waals surface area contributed by atoms with Crippen molar-refractivity contribution in [3.63, 3.8) is 0 Å². The van der Waals surface area contributed by atoms with Crippen LogP contribution in [0.5, 0.6) is 0 Å². The van der Waals surface area contributed by atoms with Crippen LogP contribution in [0.4, 0.5) is 0 Å². The van der Waals surface area contributed by atoms with E-state index in [1.807, 2.05) is 24.4 Å². The van der Waals surface area contributed by atoms with Crippen LogP contribution in [-0.4, -0.2) is 37.0 Å². The number of nitrogens with zero attached hydrogens (tertiary/aromatic N) is 5. The second kappa shape index (κ2) is 10.4. The minimum Gasteiger partial charge on any atom is -0.350 e. The van der Waals surface area contributed by atoms with Crippen molar-refractivity contribution < 1.29 is 4.79 Å². The van der Waals surface area contributed by atoms with E-state index < -0.39 is 0 Å². The Bertz CT molecular complexity index is 1320. The second-order valence-electron chi connectivity index (χ2n) is 9.64. The first-order valence-electron chi connectivity index (χ1n) is 12.2. The monoisotopic (exact) mass is 508 g/mol. The summed E-state index contributed by atoms with van der Waals surface area (Å²) in [5.74, 6) is 1.86. The molecule has 182 valence electrons. The van der Waals surface area contributed by atoms with Gasteiger partial charge in [-0.05, 0) is 49.3 Å². The zero-order valence-corrected chi connectivity index (χ0v) is 21.5. The molecule has 4 heterocycles. The van der Waals surface area contributed by atoms with E-state index in [4.69, 9.17) is 16.6 Å². The third kappa shape index (κ3) is 5.38. The van der Waals surface area contributed by atoms with Crippen molar-refractivity contribution in [2.45, 2.75) is 52.0 Å². The van der Waals surface area contributed by atoms with Crippen LogP contribution in [0.1, 0.15) is 61.2 Å². The largest absolute Gasteiger partial charge is 0.350 e. The Morgan fingerprint density at radius 2 is 2.09 bits per heavy atom. The molecule has 0 aliphatic heterocycles. The first kappa shape index (κ1) is 23.9. The summed E-state index contributed by atoms with van der Waals surface area (Å²) in [6.45, 7) is 5.09. The molecule has 7 nitrogen and oxygen atoms in total. The van der Waals surface area contributed by atoms with Gasteiger partial charge in [0, 0.05) is 25.2 Å². The number of aromatic nitrogens is 5. The maximum Gasteiger partial charge on any atom is 0.280 e. The van der Waals surface area contributed by atoms with Crippen LogP contribution in [0.3, 0.4) is 0 Å². The summed E-state index contributed by atoms with van der Waals surface area (Å²) in [4.78, 5) is 30.7. The van der Waals surface area contributed by atoms with Gasteiger partial charge in [0.1, 0.15) is 15.7 Å². The Balaban J connectivity index is 1.40. The number of hydrogen-bond acceptors (Lipinski definition) is 6. The van der Waals surface area contributed by atoms with Gasteiger partial charge in [-0.2, -0.15) is 0 Å². The highest BCUT2D eigenvalue weighted by Gasteiger charge is 2.28. The maximum atomic E-state index is 12.5. The number of thiazole rings is 1. The molecule has 1 N–H and O–H groups in total. The van der Waals surface area contributed by atoms with E-state index in [2.05, 4.69) is 44.7 Å². The van der Waals surface area contributed by atoms with Gasteiger partial charge in [0.15, 0.2) is 5.01 Å². The van der Waals surface area contributed by atoms with Gasteiger partial charge in [-0.25, -0.2) is 9.97 Å². The van der Waals surface area contributed by atoms with Crippen molar-refractivity contribution in [2.75, 3.05) is 6.54 Å². The van der Waals surface area contributed by atoms with Gasteiger partial charge in [0.25, 0.3) is 5.91 Å². The zero-order chi connectivity index (χ0) is 24.4. The van der Waals surface area contributed by atoms with Crippen LogP contribution in [0.15, 0.2) is 42.9 Å². The minimum atomic E-state index is -0.149. The SMILES string of the molecule is CC(C)Cc1nc2cnc(-c3ccccn3)cc2n1[C@@H]1CCCC(CNC(=O)c2ncc(Cl)s2)C1. The van der Waals surface area contributed by atoms with Crippen molar-refractivity contribution in [1.29, 1.82) is 0 Å². The Kier molecular flexibility index (Phi) is 7.11. The van der Waals surface area contributed by atoms with E-state index in [-0.39, 0.29) is 5.91 Å². The van der Waals surface area contributed by atoms with Gasteiger partial charge in [-0.15, -0.1) is 0 Å². The van der Waals surface area contributed by atoms with Gasteiger partial charge in [0.2, 0.25) is 0 Å². The van der Waals surface area contributed by atoms with Crippen molar-refractivity contribution in [1.82, 2.24) is 29.8 Å². The highest BCUT2D eigenvalue weighted by molar-refractivity contribution is 7.17. The first-order valence-corrected chi connectivity index (χ1v) is 13.3. The normalized spacial score (nSPS) is 18.3. The molecule has 0 spiro atoms. The summed E-state index contributed by atoms with van der Waals surface area (Å²) >= 11 is 7.15. The highest BCUT2D eigenvalue weighted by Crippen LogP contribution is 2.36. The number of halogens is 1. The molecule has 1 saturated carbocycles. The van der Waals surface area contributed by atoms with Crippen molar-refractivity contribution in [2.24, 2.45) is 11.8 Å². The van der Waals surface area contributed by atoms with Crippen LogP contribution >= 0.6 is 22.9 Å². The predicted octanol–water partition coefficient (Wildman–Crippen LogP) is 5.96. The molecule has 0 saturated heterocycles. The quantitative estimate of drug-likeness (QED) is 0.332. The van der Waals surface area contributed by atoms with E-state index in [9.17, 15) is 4.79 Å². The molecule has 4 aromatic heterocycles. The molecule has 4 aromatic rings. The molecule has 1 aliphatic carbocycles. The number of hydrogen-bond donors (Lipinski definition) is 1.